The Morgan fingerprint density at radius 1 is 1.05 bits per heavy atom. The molecule has 4 heteroatoms. The molecule has 1 atom stereocenters. The van der Waals surface area contributed by atoms with Crippen molar-refractivity contribution in [2.45, 2.75) is 31.0 Å². The van der Waals surface area contributed by atoms with Crippen molar-refractivity contribution in [2.75, 3.05) is 5.73 Å². The second-order valence-electron chi connectivity index (χ2n) is 4.89. The van der Waals surface area contributed by atoms with Gasteiger partial charge in [0.1, 0.15) is 10.8 Å². The molecule has 1 aromatic heterocycles. The van der Waals surface area contributed by atoms with E-state index in [2.05, 4.69) is 30.7 Å². The van der Waals surface area contributed by atoms with Gasteiger partial charge in [0, 0.05) is 16.9 Å². The maximum Gasteiger partial charge on any atom is 0.162 e. The van der Waals surface area contributed by atoms with Gasteiger partial charge in [0.05, 0.1) is 0 Å². The van der Waals surface area contributed by atoms with Gasteiger partial charge in [-0.3, -0.25) is 0 Å². The van der Waals surface area contributed by atoms with Crippen LogP contribution in [0.2, 0.25) is 0 Å². The molecule has 1 unspecified atom stereocenters. The topological polar surface area (TPSA) is 51.8 Å². The van der Waals surface area contributed by atoms with Gasteiger partial charge in [0.15, 0.2) is 5.82 Å². The van der Waals surface area contributed by atoms with E-state index in [-0.39, 0.29) is 0 Å². The Morgan fingerprint density at radius 3 is 2.37 bits per heavy atom. The fourth-order valence-corrected chi connectivity index (χ4v) is 2.53. The first-order chi connectivity index (χ1) is 9.06. The number of nitrogens with two attached hydrogens (primary N) is 1. The van der Waals surface area contributed by atoms with Gasteiger partial charge in [-0.1, -0.05) is 51.1 Å². The maximum atomic E-state index is 5.88. The average molecular weight is 273 g/mol. The summed E-state index contributed by atoms with van der Waals surface area (Å²) in [5.74, 6) is 1.81. The molecule has 100 valence electrons. The second kappa shape index (κ2) is 6.06. The first-order valence-electron chi connectivity index (χ1n) is 6.43. The van der Waals surface area contributed by atoms with Crippen molar-refractivity contribution in [3.63, 3.8) is 0 Å². The normalized spacial score (nSPS) is 12.6. The van der Waals surface area contributed by atoms with Crippen LogP contribution in [0.1, 0.15) is 20.8 Å². The molecule has 0 aliphatic carbocycles. The smallest absolute Gasteiger partial charge is 0.162 e. The summed E-state index contributed by atoms with van der Waals surface area (Å²) in [7, 11) is 0. The molecule has 3 nitrogen and oxygen atoms in total. The molecule has 0 amide bonds. The van der Waals surface area contributed by atoms with Crippen LogP contribution < -0.4 is 5.73 Å². The lowest BCUT2D eigenvalue weighted by atomic mass is 10.2. The van der Waals surface area contributed by atoms with Crippen LogP contribution >= 0.6 is 11.8 Å². The van der Waals surface area contributed by atoms with Crippen LogP contribution in [0, 0.1) is 5.92 Å². The van der Waals surface area contributed by atoms with Crippen LogP contribution in [0.25, 0.3) is 11.4 Å². The molecule has 2 N–H and O–H groups in total. The van der Waals surface area contributed by atoms with E-state index in [0.717, 1.165) is 10.6 Å². The first kappa shape index (κ1) is 13.9. The van der Waals surface area contributed by atoms with Crippen LogP contribution in [0.5, 0.6) is 0 Å². The summed E-state index contributed by atoms with van der Waals surface area (Å²) in [6.07, 6.45) is 0. The number of aromatic nitrogens is 2. The molecule has 0 fully saturated rings. The highest BCUT2D eigenvalue weighted by Gasteiger charge is 2.12. The summed E-state index contributed by atoms with van der Waals surface area (Å²) >= 11 is 1.74. The summed E-state index contributed by atoms with van der Waals surface area (Å²) in [6, 6.07) is 11.8. The Balaban J connectivity index is 2.30. The fraction of sp³-hybridized carbons (Fsp3) is 0.333. The molecule has 0 saturated carbocycles. The van der Waals surface area contributed by atoms with Gasteiger partial charge < -0.3 is 5.73 Å². The highest BCUT2D eigenvalue weighted by molar-refractivity contribution is 7.99. The molecule has 0 saturated heterocycles. The van der Waals surface area contributed by atoms with Crippen LogP contribution in [0.4, 0.5) is 5.82 Å². The van der Waals surface area contributed by atoms with Crippen molar-refractivity contribution in [1.29, 1.82) is 0 Å². The van der Waals surface area contributed by atoms with Crippen molar-refractivity contribution in [2.24, 2.45) is 5.92 Å². The van der Waals surface area contributed by atoms with Crippen molar-refractivity contribution in [1.82, 2.24) is 9.97 Å². The van der Waals surface area contributed by atoms with Crippen LogP contribution in [0.3, 0.4) is 0 Å². The minimum atomic E-state index is 0.498. The molecule has 1 heterocycles. The molecular formula is C15H19N3S. The second-order valence-corrected chi connectivity index (χ2v) is 6.29. The van der Waals surface area contributed by atoms with E-state index in [0.29, 0.717) is 22.8 Å². The molecule has 19 heavy (non-hydrogen) atoms. The fourth-order valence-electron chi connectivity index (χ4n) is 1.55. The van der Waals surface area contributed by atoms with Crippen LogP contribution in [-0.2, 0) is 0 Å². The van der Waals surface area contributed by atoms with Gasteiger partial charge in [-0.05, 0) is 5.92 Å². The highest BCUT2D eigenvalue weighted by Crippen LogP contribution is 2.28. The monoisotopic (exact) mass is 273 g/mol. The van der Waals surface area contributed by atoms with Crippen molar-refractivity contribution in [3.05, 3.63) is 36.4 Å². The van der Waals surface area contributed by atoms with Gasteiger partial charge in [0.25, 0.3) is 0 Å². The van der Waals surface area contributed by atoms with Gasteiger partial charge in [-0.15, -0.1) is 11.8 Å². The van der Waals surface area contributed by atoms with E-state index >= 15 is 0 Å². The van der Waals surface area contributed by atoms with Crippen LogP contribution in [0.15, 0.2) is 41.4 Å². The average Bonchev–Trinajstić information content (AvgIpc) is 2.39. The predicted octanol–water partition coefficient (Wildman–Crippen LogP) is 3.86. The number of benzene rings is 1. The van der Waals surface area contributed by atoms with E-state index in [1.807, 2.05) is 36.4 Å². The number of hydrogen-bond donors (Lipinski definition) is 1. The summed E-state index contributed by atoms with van der Waals surface area (Å²) in [6.45, 7) is 6.62. The van der Waals surface area contributed by atoms with Gasteiger partial charge in [-0.2, -0.15) is 0 Å². The van der Waals surface area contributed by atoms with E-state index in [1.165, 1.54) is 0 Å². The Morgan fingerprint density at radius 2 is 1.74 bits per heavy atom. The molecule has 0 radical (unpaired) electrons. The summed E-state index contributed by atoms with van der Waals surface area (Å²) in [5.41, 5.74) is 6.88. The van der Waals surface area contributed by atoms with Gasteiger partial charge in [0.2, 0.25) is 0 Å². The SMILES string of the molecule is CC(C)C(C)Sc1cc(N)nc(-c2ccccc2)n1. The number of thioether (sulfide) groups is 1. The van der Waals surface area contributed by atoms with Crippen LogP contribution in [-0.4, -0.2) is 15.2 Å². The maximum absolute atomic E-state index is 5.88. The third-order valence-electron chi connectivity index (χ3n) is 3.00. The Labute approximate surface area is 118 Å². The van der Waals surface area contributed by atoms with Crippen molar-refractivity contribution < 1.29 is 0 Å². The van der Waals surface area contributed by atoms with Gasteiger partial charge >= 0.3 is 0 Å². The number of nitrogen functional groups attached to an aromatic ring is 1. The minimum Gasteiger partial charge on any atom is -0.384 e. The minimum absolute atomic E-state index is 0.498. The summed E-state index contributed by atoms with van der Waals surface area (Å²) in [5, 5.41) is 1.44. The quantitative estimate of drug-likeness (QED) is 0.679. The van der Waals surface area contributed by atoms with Crippen molar-refractivity contribution in [3.8, 4) is 11.4 Å². The molecule has 0 bridgehead atoms. The third-order valence-corrected chi connectivity index (χ3v) is 4.37. The zero-order chi connectivity index (χ0) is 13.8. The zero-order valence-electron chi connectivity index (χ0n) is 11.5. The number of rotatable bonds is 4. The number of anilines is 1. The third kappa shape index (κ3) is 3.70. The van der Waals surface area contributed by atoms with E-state index in [1.54, 1.807) is 11.8 Å². The lowest BCUT2D eigenvalue weighted by Crippen LogP contribution is -2.06. The standard InChI is InChI=1S/C15H19N3S/c1-10(2)11(3)19-14-9-13(16)17-15(18-14)12-7-5-4-6-8-12/h4-11H,1-3H3,(H2,16,17,18). The molecule has 0 spiro atoms. The lowest BCUT2D eigenvalue weighted by molar-refractivity contribution is 0.641. The lowest BCUT2D eigenvalue weighted by Gasteiger charge is -2.14. The summed E-state index contributed by atoms with van der Waals surface area (Å²) in [4.78, 5) is 8.91. The first-order valence-corrected chi connectivity index (χ1v) is 7.31. The number of hydrogen-bond acceptors (Lipinski definition) is 4. The largest absolute Gasteiger partial charge is 0.384 e. The molecule has 0 aliphatic rings. The van der Waals surface area contributed by atoms with E-state index in [9.17, 15) is 0 Å². The molecule has 1 aromatic carbocycles. The van der Waals surface area contributed by atoms with Crippen molar-refractivity contribution >= 4 is 17.6 Å². The van der Waals surface area contributed by atoms with E-state index < -0.39 is 0 Å². The highest BCUT2D eigenvalue weighted by atomic mass is 32.2. The Kier molecular flexibility index (Phi) is 4.43. The Bertz CT molecular complexity index is 540. The molecule has 0 aliphatic heterocycles. The zero-order valence-corrected chi connectivity index (χ0v) is 12.3. The molecule has 2 rings (SSSR count). The molecule has 2 aromatic rings. The van der Waals surface area contributed by atoms with Gasteiger partial charge in [-0.25, -0.2) is 9.97 Å². The Hall–Kier alpha value is -1.55. The number of nitrogens with zero attached hydrogens (tertiary/aromatic N) is 2. The predicted molar refractivity (Wildman–Crippen MR) is 82.0 cm³/mol. The molecular weight excluding hydrogens is 254 g/mol. The summed E-state index contributed by atoms with van der Waals surface area (Å²) < 4.78 is 0. The van der Waals surface area contributed by atoms with E-state index in [4.69, 9.17) is 5.73 Å².